The second kappa shape index (κ2) is 9.82. The fraction of sp³-hybridized carbons (Fsp3) is 0.391. The Morgan fingerprint density at radius 2 is 1.52 bits per heavy atom. The fourth-order valence-electron chi connectivity index (χ4n) is 3.12. The van der Waals surface area contributed by atoms with E-state index >= 15 is 0 Å². The van der Waals surface area contributed by atoms with Crippen molar-refractivity contribution >= 4 is 21.6 Å². The molecular weight excluding hydrogens is 370 g/mol. The number of hydrogen-bond acceptors (Lipinski definition) is 1. The smallest absolute Gasteiger partial charge is 0.0343 e. The zero-order valence-corrected chi connectivity index (χ0v) is 17.3. The summed E-state index contributed by atoms with van der Waals surface area (Å²) in [6, 6.07) is 17.9. The predicted molar refractivity (Wildman–Crippen MR) is 114 cm³/mol. The zero-order chi connectivity index (χ0) is 18.2. The highest BCUT2D eigenvalue weighted by molar-refractivity contribution is 9.10. The van der Waals surface area contributed by atoms with Gasteiger partial charge in [-0.2, -0.15) is 0 Å². The molecule has 0 unspecified atom stereocenters. The normalized spacial score (nSPS) is 12.2. The second-order valence-corrected chi connectivity index (χ2v) is 8.15. The molecule has 0 radical (unpaired) electrons. The van der Waals surface area contributed by atoms with E-state index < -0.39 is 0 Å². The number of hydrogen-bond donors (Lipinski definition) is 1. The Labute approximate surface area is 161 Å². The first kappa shape index (κ1) is 19.8. The molecule has 1 nitrogen and oxygen atoms in total. The van der Waals surface area contributed by atoms with Gasteiger partial charge in [-0.15, -0.1) is 0 Å². The third-order valence-corrected chi connectivity index (χ3v) is 4.89. The molecule has 0 amide bonds. The molecule has 0 saturated carbocycles. The highest BCUT2D eigenvalue weighted by atomic mass is 79.9. The predicted octanol–water partition coefficient (Wildman–Crippen LogP) is 6.62. The molecule has 2 aromatic carbocycles. The maximum absolute atomic E-state index is 4.27. The third-order valence-electron chi connectivity index (χ3n) is 4.36. The molecule has 2 heteroatoms. The number of halogens is 1. The van der Waals surface area contributed by atoms with Crippen molar-refractivity contribution in [1.29, 1.82) is 0 Å². The van der Waals surface area contributed by atoms with Crippen molar-refractivity contribution in [3.63, 3.8) is 0 Å². The molecule has 0 aliphatic heterocycles. The van der Waals surface area contributed by atoms with Crippen molar-refractivity contribution in [2.75, 3.05) is 0 Å². The third kappa shape index (κ3) is 6.70. The Hall–Kier alpha value is -1.54. The van der Waals surface area contributed by atoms with Crippen LogP contribution in [0.5, 0.6) is 0 Å². The summed E-state index contributed by atoms with van der Waals surface area (Å²) in [5, 5.41) is 3.65. The van der Waals surface area contributed by atoms with Crippen LogP contribution in [-0.4, -0.2) is 6.04 Å². The fourth-order valence-corrected chi connectivity index (χ4v) is 3.39. The van der Waals surface area contributed by atoms with Gasteiger partial charge in [-0.3, -0.25) is 0 Å². The van der Waals surface area contributed by atoms with E-state index in [1.807, 2.05) is 0 Å². The van der Waals surface area contributed by atoms with Crippen LogP contribution in [0.3, 0.4) is 0 Å². The van der Waals surface area contributed by atoms with Crippen LogP contribution in [0.25, 0.3) is 5.70 Å². The monoisotopic (exact) mass is 399 g/mol. The first-order valence-electron chi connectivity index (χ1n) is 9.27. The van der Waals surface area contributed by atoms with Gasteiger partial charge in [-0.05, 0) is 54.0 Å². The van der Waals surface area contributed by atoms with Crippen LogP contribution in [-0.2, 0) is 12.8 Å². The highest BCUT2D eigenvalue weighted by Gasteiger charge is 2.11. The van der Waals surface area contributed by atoms with E-state index in [0.717, 1.165) is 35.9 Å². The number of rotatable bonds is 9. The molecule has 0 fully saturated rings. The van der Waals surface area contributed by atoms with E-state index in [-0.39, 0.29) is 0 Å². The average molecular weight is 400 g/mol. The Bertz CT molecular complexity index is 655. The molecule has 134 valence electrons. The molecule has 0 spiro atoms. The molecule has 0 heterocycles. The van der Waals surface area contributed by atoms with Crippen LogP contribution >= 0.6 is 15.9 Å². The lowest BCUT2D eigenvalue weighted by Crippen LogP contribution is -2.29. The van der Waals surface area contributed by atoms with E-state index in [4.69, 9.17) is 0 Å². The van der Waals surface area contributed by atoms with Crippen LogP contribution in [0.1, 0.15) is 50.3 Å². The van der Waals surface area contributed by atoms with Gasteiger partial charge in [0.1, 0.15) is 0 Å². The van der Waals surface area contributed by atoms with Crippen molar-refractivity contribution in [2.24, 2.45) is 5.92 Å². The quantitative estimate of drug-likeness (QED) is 0.499. The Morgan fingerprint density at radius 3 is 2.08 bits per heavy atom. The number of benzene rings is 2. The van der Waals surface area contributed by atoms with Crippen molar-refractivity contribution in [1.82, 2.24) is 5.32 Å². The first-order chi connectivity index (χ1) is 12.0. The van der Waals surface area contributed by atoms with E-state index in [9.17, 15) is 0 Å². The van der Waals surface area contributed by atoms with Crippen LogP contribution in [0.2, 0.25) is 0 Å². The second-order valence-electron chi connectivity index (χ2n) is 7.23. The molecule has 0 bridgehead atoms. The molecule has 2 aromatic rings. The van der Waals surface area contributed by atoms with Gasteiger partial charge in [0.2, 0.25) is 0 Å². The molecule has 0 aliphatic rings. The van der Waals surface area contributed by atoms with E-state index in [1.54, 1.807) is 0 Å². The molecule has 2 rings (SSSR count). The first-order valence-corrected chi connectivity index (χ1v) is 10.1. The van der Waals surface area contributed by atoms with Crippen LogP contribution < -0.4 is 5.32 Å². The lowest BCUT2D eigenvalue weighted by molar-refractivity contribution is 0.541. The van der Waals surface area contributed by atoms with Gasteiger partial charge in [0.05, 0.1) is 0 Å². The standard InChI is InChI=1S/C23H30BrN/c1-5-6-23(16-20-9-13-22(24)14-10-20)25-18(4)21-11-7-19(8-12-21)15-17(2)3/h7-14,17,23,25H,4-6,15-16H2,1-3H3/t23-/m1/s1. The minimum absolute atomic E-state index is 0.411. The van der Waals surface area contributed by atoms with Gasteiger partial charge in [0.15, 0.2) is 0 Å². The summed E-state index contributed by atoms with van der Waals surface area (Å²) in [6.45, 7) is 11.0. The van der Waals surface area contributed by atoms with Crippen molar-refractivity contribution in [3.05, 3.63) is 76.3 Å². The summed E-state index contributed by atoms with van der Waals surface area (Å²) in [5.41, 5.74) is 4.96. The summed E-state index contributed by atoms with van der Waals surface area (Å²) in [5.74, 6) is 0.687. The SMILES string of the molecule is C=C(N[C@H](CCC)Cc1ccc(Br)cc1)c1ccc(CC(C)C)cc1. The molecule has 0 aliphatic carbocycles. The summed E-state index contributed by atoms with van der Waals surface area (Å²) in [6.07, 6.45) is 4.45. The topological polar surface area (TPSA) is 12.0 Å². The molecule has 1 N–H and O–H groups in total. The van der Waals surface area contributed by atoms with Gasteiger partial charge in [0.25, 0.3) is 0 Å². The lowest BCUT2D eigenvalue weighted by atomic mass is 9.99. The Morgan fingerprint density at radius 1 is 0.960 bits per heavy atom. The molecule has 0 aromatic heterocycles. The van der Waals surface area contributed by atoms with Crippen LogP contribution in [0.15, 0.2) is 59.6 Å². The van der Waals surface area contributed by atoms with Gasteiger partial charge in [-0.1, -0.05) is 86.1 Å². The minimum atomic E-state index is 0.411. The summed E-state index contributed by atoms with van der Waals surface area (Å²) in [4.78, 5) is 0. The molecular formula is C23H30BrN. The van der Waals surface area contributed by atoms with Gasteiger partial charge in [0, 0.05) is 16.2 Å². The maximum atomic E-state index is 4.27. The zero-order valence-electron chi connectivity index (χ0n) is 15.7. The molecule has 1 atom stereocenters. The summed E-state index contributed by atoms with van der Waals surface area (Å²) in [7, 11) is 0. The lowest BCUT2D eigenvalue weighted by Gasteiger charge is -2.21. The van der Waals surface area contributed by atoms with Crippen molar-refractivity contribution in [2.45, 2.75) is 52.5 Å². The minimum Gasteiger partial charge on any atom is -0.382 e. The largest absolute Gasteiger partial charge is 0.382 e. The van der Waals surface area contributed by atoms with Crippen molar-refractivity contribution in [3.8, 4) is 0 Å². The number of nitrogens with one attached hydrogen (secondary N) is 1. The maximum Gasteiger partial charge on any atom is 0.0343 e. The van der Waals surface area contributed by atoms with Crippen molar-refractivity contribution < 1.29 is 0 Å². The van der Waals surface area contributed by atoms with Gasteiger partial charge in [-0.25, -0.2) is 0 Å². The summed E-state index contributed by atoms with van der Waals surface area (Å²) < 4.78 is 1.13. The summed E-state index contributed by atoms with van der Waals surface area (Å²) >= 11 is 3.50. The molecule has 25 heavy (non-hydrogen) atoms. The van der Waals surface area contributed by atoms with Gasteiger partial charge >= 0.3 is 0 Å². The van der Waals surface area contributed by atoms with Gasteiger partial charge < -0.3 is 5.32 Å². The van der Waals surface area contributed by atoms with Crippen LogP contribution in [0.4, 0.5) is 0 Å². The van der Waals surface area contributed by atoms with E-state index in [1.165, 1.54) is 16.7 Å². The van der Waals surface area contributed by atoms with E-state index in [0.29, 0.717) is 12.0 Å². The van der Waals surface area contributed by atoms with E-state index in [2.05, 4.69) is 97.1 Å². The average Bonchev–Trinajstić information content (AvgIpc) is 2.57. The Kier molecular flexibility index (Phi) is 7.77. The highest BCUT2D eigenvalue weighted by Crippen LogP contribution is 2.18. The van der Waals surface area contributed by atoms with Crippen LogP contribution in [0, 0.1) is 5.92 Å². The molecule has 0 saturated heterocycles. The Balaban J connectivity index is 2.00.